The molecule has 65 heavy (non-hydrogen) atoms. The number of fused-ring (bicyclic) bond motifs is 4. The van der Waals surface area contributed by atoms with E-state index in [9.17, 15) is 10.4 Å². The molecule has 3 heterocycles. The van der Waals surface area contributed by atoms with Crippen LogP contribution in [0.3, 0.4) is 0 Å². The Hall–Kier alpha value is -6.97. The Labute approximate surface area is 383 Å². The summed E-state index contributed by atoms with van der Waals surface area (Å²) in [5.74, 6) is 0.882. The highest BCUT2D eigenvalue weighted by Crippen LogP contribution is 2.47. The fraction of sp³-hybridized carbons (Fsp3) is 0.271. The molecule has 0 fully saturated rings. The van der Waals surface area contributed by atoms with Crippen molar-refractivity contribution in [2.45, 2.75) is 105 Å². The monoisotopic (exact) mass is 854 g/mol. The molecule has 0 aliphatic carbocycles. The number of imidazole rings is 1. The molecule has 0 amide bonds. The van der Waals surface area contributed by atoms with Gasteiger partial charge in [-0.15, -0.1) is 0 Å². The molecule has 0 spiro atoms. The quantitative estimate of drug-likeness (QED) is 0.186. The van der Waals surface area contributed by atoms with Gasteiger partial charge in [-0.2, -0.15) is 5.26 Å². The number of para-hydroxylation sites is 1. The third-order valence-corrected chi connectivity index (χ3v) is 12.8. The number of aromatic hydroxyl groups is 1. The Balaban J connectivity index is 1.42. The molecule has 9 rings (SSSR count). The number of benzene rings is 6. The highest BCUT2D eigenvalue weighted by molar-refractivity contribution is 6.12. The van der Waals surface area contributed by atoms with Crippen molar-refractivity contribution in [2.75, 3.05) is 0 Å². The number of rotatable bonds is 5. The van der Waals surface area contributed by atoms with Crippen LogP contribution in [0.1, 0.15) is 111 Å². The summed E-state index contributed by atoms with van der Waals surface area (Å²) in [6.07, 6.45) is 1.87. The molecule has 0 aliphatic rings. The van der Waals surface area contributed by atoms with Gasteiger partial charge in [0.1, 0.15) is 22.7 Å². The summed E-state index contributed by atoms with van der Waals surface area (Å²) >= 11 is 0. The normalized spacial score (nSPS) is 12.7. The van der Waals surface area contributed by atoms with E-state index in [0.717, 1.165) is 77.7 Å². The third kappa shape index (κ3) is 7.78. The first-order valence-electron chi connectivity index (χ1n) is 22.6. The van der Waals surface area contributed by atoms with Crippen LogP contribution in [-0.2, 0) is 21.7 Å². The maximum Gasteiger partial charge on any atom is 0.149 e. The molecule has 3 aromatic heterocycles. The lowest BCUT2D eigenvalue weighted by Gasteiger charge is -2.28. The van der Waals surface area contributed by atoms with E-state index in [2.05, 4.69) is 197 Å². The smallest absolute Gasteiger partial charge is 0.149 e. The van der Waals surface area contributed by atoms with Crippen LogP contribution in [-0.4, -0.2) is 19.6 Å². The second-order valence-electron chi connectivity index (χ2n) is 21.7. The number of hydrogen-bond donors (Lipinski definition) is 1. The molecular weight excluding hydrogens is 797 g/mol. The number of furan rings is 1. The van der Waals surface area contributed by atoms with Crippen molar-refractivity contribution in [3.05, 3.63) is 155 Å². The number of pyridine rings is 1. The molecule has 0 bridgehead atoms. The summed E-state index contributed by atoms with van der Waals surface area (Å²) in [6, 6.07) is 44.5. The molecule has 0 unspecified atom stereocenters. The number of phenols is 1. The Morgan fingerprint density at radius 3 is 1.94 bits per heavy atom. The first-order valence-corrected chi connectivity index (χ1v) is 22.6. The molecule has 0 aliphatic heterocycles. The number of nitriles is 1. The molecule has 6 heteroatoms. The lowest BCUT2D eigenvalue weighted by molar-refractivity contribution is 0.446. The first kappa shape index (κ1) is 43.3. The standard InChI is InChI=1S/C59H58N4O2/c1-56(2,3)38-22-24-49(43(30-38)36-17-14-13-15-18-36)63-50-20-16-19-41(52(50)62-55(63)46-31-40(58(7,8)9)32-47(53(46)64)59(10,11)12)37-28-44-42-23-21-35(34-60)27-51(42)65-54(44)45(29-37)48-33-39(25-26-61-48)57(4,5)6/h13-33,64H,1-12H3. The minimum absolute atomic E-state index is 0.0962. The van der Waals surface area contributed by atoms with Crippen LogP contribution in [0.15, 0.2) is 132 Å². The van der Waals surface area contributed by atoms with E-state index in [4.69, 9.17) is 14.4 Å². The summed E-state index contributed by atoms with van der Waals surface area (Å²) in [7, 11) is 0. The Morgan fingerprint density at radius 1 is 0.569 bits per heavy atom. The molecule has 1 N–H and O–H groups in total. The van der Waals surface area contributed by atoms with Crippen molar-refractivity contribution >= 4 is 33.0 Å². The van der Waals surface area contributed by atoms with Crippen LogP contribution in [0.4, 0.5) is 0 Å². The first-order chi connectivity index (χ1) is 30.6. The molecule has 0 saturated carbocycles. The van der Waals surface area contributed by atoms with E-state index in [1.165, 1.54) is 5.56 Å². The fourth-order valence-electron chi connectivity index (χ4n) is 8.95. The van der Waals surface area contributed by atoms with Gasteiger partial charge in [0.05, 0.1) is 39.6 Å². The Morgan fingerprint density at radius 2 is 1.26 bits per heavy atom. The van der Waals surface area contributed by atoms with Gasteiger partial charge in [0, 0.05) is 39.2 Å². The second-order valence-corrected chi connectivity index (χ2v) is 21.7. The van der Waals surface area contributed by atoms with Crippen LogP contribution in [0.2, 0.25) is 0 Å². The largest absolute Gasteiger partial charge is 0.507 e. The minimum atomic E-state index is -0.350. The van der Waals surface area contributed by atoms with Crippen molar-refractivity contribution in [2.24, 2.45) is 0 Å². The minimum Gasteiger partial charge on any atom is -0.507 e. The van der Waals surface area contributed by atoms with Gasteiger partial charge in [-0.25, -0.2) is 4.98 Å². The fourth-order valence-corrected chi connectivity index (χ4v) is 8.95. The summed E-state index contributed by atoms with van der Waals surface area (Å²) in [5.41, 5.74) is 14.5. The lowest BCUT2D eigenvalue weighted by atomic mass is 9.79. The van der Waals surface area contributed by atoms with E-state index in [-0.39, 0.29) is 27.4 Å². The molecule has 326 valence electrons. The third-order valence-electron chi connectivity index (χ3n) is 12.8. The van der Waals surface area contributed by atoms with E-state index < -0.39 is 0 Å². The van der Waals surface area contributed by atoms with Gasteiger partial charge in [-0.1, -0.05) is 138 Å². The summed E-state index contributed by atoms with van der Waals surface area (Å²) < 4.78 is 8.92. The summed E-state index contributed by atoms with van der Waals surface area (Å²) in [4.78, 5) is 10.6. The lowest BCUT2D eigenvalue weighted by Crippen LogP contribution is -2.17. The highest BCUT2D eigenvalue weighted by atomic mass is 16.3. The van der Waals surface area contributed by atoms with E-state index in [1.807, 2.05) is 24.4 Å². The van der Waals surface area contributed by atoms with Crippen molar-refractivity contribution < 1.29 is 9.52 Å². The average Bonchev–Trinajstić information content (AvgIpc) is 3.83. The number of nitrogens with zero attached hydrogens (tertiary/aromatic N) is 4. The Bertz CT molecular complexity index is 3370. The molecule has 6 nitrogen and oxygen atoms in total. The van der Waals surface area contributed by atoms with E-state index in [1.54, 1.807) is 0 Å². The van der Waals surface area contributed by atoms with Gasteiger partial charge in [-0.05, 0) is 116 Å². The molecule has 9 aromatic rings. The number of phenolic OH excluding ortho intramolecular Hbond substituents is 1. The van der Waals surface area contributed by atoms with Crippen molar-refractivity contribution in [1.29, 1.82) is 5.26 Å². The Kier molecular flexibility index (Phi) is 10.2. The number of hydrogen-bond acceptors (Lipinski definition) is 5. The topological polar surface area (TPSA) is 87.9 Å². The molecule has 0 atom stereocenters. The van der Waals surface area contributed by atoms with E-state index >= 15 is 0 Å². The zero-order valence-electron chi connectivity index (χ0n) is 39.8. The summed E-state index contributed by atoms with van der Waals surface area (Å²) in [6.45, 7) is 26.5. The van der Waals surface area contributed by atoms with Gasteiger partial charge in [0.25, 0.3) is 0 Å². The van der Waals surface area contributed by atoms with Crippen LogP contribution in [0.25, 0.3) is 83.6 Å². The molecular formula is C59H58N4O2. The zero-order valence-corrected chi connectivity index (χ0v) is 39.8. The van der Waals surface area contributed by atoms with Crippen LogP contribution < -0.4 is 0 Å². The molecule has 6 aromatic carbocycles. The van der Waals surface area contributed by atoms with Crippen molar-refractivity contribution in [3.8, 4) is 62.4 Å². The summed E-state index contributed by atoms with van der Waals surface area (Å²) in [5, 5.41) is 24.2. The predicted octanol–water partition coefficient (Wildman–Crippen LogP) is 15.8. The highest BCUT2D eigenvalue weighted by Gasteiger charge is 2.30. The predicted molar refractivity (Wildman–Crippen MR) is 269 cm³/mol. The van der Waals surface area contributed by atoms with Gasteiger partial charge in [0.2, 0.25) is 0 Å². The maximum absolute atomic E-state index is 12.6. The van der Waals surface area contributed by atoms with Gasteiger partial charge >= 0.3 is 0 Å². The molecule has 0 saturated heterocycles. The second kappa shape index (κ2) is 15.3. The average molecular weight is 855 g/mol. The maximum atomic E-state index is 12.6. The van der Waals surface area contributed by atoms with Gasteiger partial charge < -0.3 is 9.52 Å². The van der Waals surface area contributed by atoms with Gasteiger partial charge in [0.15, 0.2) is 0 Å². The van der Waals surface area contributed by atoms with Crippen molar-refractivity contribution in [1.82, 2.24) is 14.5 Å². The van der Waals surface area contributed by atoms with Crippen LogP contribution in [0.5, 0.6) is 5.75 Å². The molecule has 0 radical (unpaired) electrons. The van der Waals surface area contributed by atoms with Gasteiger partial charge in [-0.3, -0.25) is 9.55 Å². The SMILES string of the molecule is CC(C)(C)c1ccnc(-c2cc(-c3cccc4c3nc(-c3cc(C(C)(C)C)cc(C(C)(C)C)c3O)n4-c3ccc(C(C)(C)C)cc3-c3ccccc3)cc3c2oc2cc(C#N)ccc23)c1. The zero-order chi connectivity index (χ0) is 46.4. The van der Waals surface area contributed by atoms with Crippen molar-refractivity contribution in [3.63, 3.8) is 0 Å². The van der Waals surface area contributed by atoms with E-state index in [0.29, 0.717) is 28.1 Å². The van der Waals surface area contributed by atoms with Crippen LogP contribution >= 0.6 is 0 Å². The number of aromatic nitrogens is 3. The van der Waals surface area contributed by atoms with Crippen LogP contribution in [0, 0.1) is 11.3 Å².